The molecule has 0 radical (unpaired) electrons. The number of esters is 1. The SMILES string of the molecule is CCOC(=O)c1c[nH]c2c([N+](C)(C)C)cccc12. The number of aromatic nitrogens is 1. The summed E-state index contributed by atoms with van der Waals surface area (Å²) in [6.45, 7) is 2.20. The van der Waals surface area contributed by atoms with E-state index in [9.17, 15) is 4.79 Å². The summed E-state index contributed by atoms with van der Waals surface area (Å²) in [4.78, 5) is 15.0. The first-order chi connectivity index (χ1) is 8.45. The minimum Gasteiger partial charge on any atom is -0.462 e. The van der Waals surface area contributed by atoms with Gasteiger partial charge >= 0.3 is 5.97 Å². The normalized spacial score (nSPS) is 11.8. The molecular weight excluding hydrogens is 228 g/mol. The number of H-pyrrole nitrogens is 1. The Kier molecular flexibility index (Phi) is 3.13. The van der Waals surface area contributed by atoms with Gasteiger partial charge in [-0.05, 0) is 6.92 Å². The number of nitrogens with one attached hydrogen (secondary N) is 1. The van der Waals surface area contributed by atoms with Gasteiger partial charge < -0.3 is 9.72 Å². The Hall–Kier alpha value is -1.81. The van der Waals surface area contributed by atoms with Gasteiger partial charge in [-0.25, -0.2) is 4.79 Å². The average Bonchev–Trinajstić information content (AvgIpc) is 2.71. The van der Waals surface area contributed by atoms with Crippen molar-refractivity contribution < 1.29 is 9.53 Å². The Morgan fingerprint density at radius 3 is 2.67 bits per heavy atom. The van der Waals surface area contributed by atoms with Crippen molar-refractivity contribution in [1.29, 1.82) is 0 Å². The smallest absolute Gasteiger partial charge is 0.340 e. The van der Waals surface area contributed by atoms with Crippen LogP contribution in [0.2, 0.25) is 0 Å². The standard InChI is InChI=1S/C14H18N2O2/c1-5-18-14(17)11-9-15-13-10(11)7-6-8-12(13)16(2,3)4/h6-9H,5H2,1-4H3/p+1. The van der Waals surface area contributed by atoms with Gasteiger partial charge in [0.25, 0.3) is 0 Å². The number of benzene rings is 1. The van der Waals surface area contributed by atoms with Gasteiger partial charge in [0.1, 0.15) is 5.52 Å². The highest BCUT2D eigenvalue weighted by molar-refractivity contribution is 6.07. The van der Waals surface area contributed by atoms with E-state index < -0.39 is 0 Å². The first kappa shape index (κ1) is 12.6. The molecule has 1 heterocycles. The summed E-state index contributed by atoms with van der Waals surface area (Å²) in [5, 5.41) is 0.916. The van der Waals surface area contributed by atoms with E-state index >= 15 is 0 Å². The summed E-state index contributed by atoms with van der Waals surface area (Å²) < 4.78 is 5.75. The van der Waals surface area contributed by atoms with Crippen molar-refractivity contribution in [3.8, 4) is 0 Å². The van der Waals surface area contributed by atoms with Gasteiger partial charge in [0.2, 0.25) is 0 Å². The molecule has 0 atom stereocenters. The number of carbonyl (C=O) groups excluding carboxylic acids is 1. The number of hydrogen-bond donors (Lipinski definition) is 1. The summed E-state index contributed by atoms with van der Waals surface area (Å²) >= 11 is 0. The molecular formula is C14H19N2O2+. The lowest BCUT2D eigenvalue weighted by molar-refractivity contribution is 0.0529. The number of rotatable bonds is 3. The molecule has 0 spiro atoms. The van der Waals surface area contributed by atoms with E-state index in [1.165, 1.54) is 0 Å². The largest absolute Gasteiger partial charge is 0.462 e. The molecule has 0 saturated heterocycles. The highest BCUT2D eigenvalue weighted by atomic mass is 16.5. The van der Waals surface area contributed by atoms with Crippen LogP contribution in [0.4, 0.5) is 5.69 Å². The van der Waals surface area contributed by atoms with Crippen LogP contribution >= 0.6 is 0 Å². The fraction of sp³-hybridized carbons (Fsp3) is 0.357. The van der Waals surface area contributed by atoms with Crippen molar-refractivity contribution in [3.63, 3.8) is 0 Å². The zero-order valence-corrected chi connectivity index (χ0v) is 11.3. The molecule has 0 fully saturated rings. The second-order valence-corrected chi connectivity index (χ2v) is 5.13. The van der Waals surface area contributed by atoms with Gasteiger partial charge in [0, 0.05) is 17.6 Å². The van der Waals surface area contributed by atoms with Gasteiger partial charge in [0.05, 0.1) is 33.3 Å². The number of para-hydroxylation sites is 1. The number of aromatic amines is 1. The fourth-order valence-electron chi connectivity index (χ4n) is 2.08. The Balaban J connectivity index is 2.59. The first-order valence-electron chi connectivity index (χ1n) is 6.04. The third-order valence-corrected chi connectivity index (χ3v) is 2.91. The van der Waals surface area contributed by atoms with Gasteiger partial charge in [-0.1, -0.05) is 12.1 Å². The first-order valence-corrected chi connectivity index (χ1v) is 6.04. The Morgan fingerprint density at radius 1 is 1.33 bits per heavy atom. The summed E-state index contributed by atoms with van der Waals surface area (Å²) in [7, 11) is 6.29. The van der Waals surface area contributed by atoms with Crippen LogP contribution in [-0.4, -0.2) is 38.7 Å². The topological polar surface area (TPSA) is 42.1 Å². The summed E-state index contributed by atoms with van der Waals surface area (Å²) in [5.41, 5.74) is 2.73. The van der Waals surface area contributed by atoms with Gasteiger partial charge in [-0.2, -0.15) is 0 Å². The second kappa shape index (κ2) is 4.46. The molecule has 1 N–H and O–H groups in total. The minimum absolute atomic E-state index is 0.276. The molecule has 4 heteroatoms. The predicted octanol–water partition coefficient (Wildman–Crippen LogP) is 2.54. The van der Waals surface area contributed by atoms with E-state index in [1.807, 2.05) is 19.1 Å². The number of fused-ring (bicyclic) bond motifs is 1. The van der Waals surface area contributed by atoms with E-state index in [0.29, 0.717) is 16.7 Å². The predicted molar refractivity (Wildman–Crippen MR) is 73.8 cm³/mol. The molecule has 96 valence electrons. The number of ether oxygens (including phenoxy) is 1. The number of nitrogens with zero attached hydrogens (tertiary/aromatic N) is 1. The van der Waals surface area contributed by atoms with E-state index in [4.69, 9.17) is 4.74 Å². The zero-order chi connectivity index (χ0) is 13.3. The third kappa shape index (κ3) is 2.11. The van der Waals surface area contributed by atoms with E-state index in [-0.39, 0.29) is 5.97 Å². The fourth-order valence-corrected chi connectivity index (χ4v) is 2.08. The van der Waals surface area contributed by atoms with Gasteiger partial charge in [-0.3, -0.25) is 4.48 Å². The highest BCUT2D eigenvalue weighted by Gasteiger charge is 2.21. The van der Waals surface area contributed by atoms with Gasteiger partial charge in [-0.15, -0.1) is 0 Å². The van der Waals surface area contributed by atoms with E-state index in [2.05, 4.69) is 32.2 Å². The van der Waals surface area contributed by atoms with E-state index in [0.717, 1.165) is 16.6 Å². The monoisotopic (exact) mass is 247 g/mol. The lowest BCUT2D eigenvalue weighted by atomic mass is 10.1. The van der Waals surface area contributed by atoms with Crippen molar-refractivity contribution in [2.24, 2.45) is 0 Å². The molecule has 1 aromatic carbocycles. The maximum Gasteiger partial charge on any atom is 0.340 e. The van der Waals surface area contributed by atoms with E-state index in [1.54, 1.807) is 6.20 Å². The Labute approximate surface area is 107 Å². The molecule has 0 saturated carbocycles. The van der Waals surface area contributed by atoms with Gasteiger partial charge in [0.15, 0.2) is 5.69 Å². The van der Waals surface area contributed by atoms with Crippen LogP contribution in [-0.2, 0) is 4.74 Å². The molecule has 0 unspecified atom stereocenters. The van der Waals surface area contributed by atoms with Crippen molar-refractivity contribution in [1.82, 2.24) is 9.47 Å². The molecule has 0 aliphatic heterocycles. The molecule has 0 aliphatic carbocycles. The quantitative estimate of drug-likeness (QED) is 0.669. The summed E-state index contributed by atoms with van der Waals surface area (Å²) in [6.07, 6.45) is 1.72. The highest BCUT2D eigenvalue weighted by Crippen LogP contribution is 2.29. The number of hydrogen-bond acceptors (Lipinski definition) is 2. The zero-order valence-electron chi connectivity index (χ0n) is 11.3. The molecule has 2 rings (SSSR count). The van der Waals surface area contributed by atoms with Crippen LogP contribution in [0.25, 0.3) is 10.9 Å². The summed E-state index contributed by atoms with van der Waals surface area (Å²) in [6, 6.07) is 5.97. The number of carbonyl (C=O) groups is 1. The molecule has 0 aliphatic rings. The Bertz CT molecular complexity index is 579. The van der Waals surface area contributed by atoms with Crippen LogP contribution in [0.15, 0.2) is 24.4 Å². The Morgan fingerprint density at radius 2 is 2.06 bits per heavy atom. The van der Waals surface area contributed by atoms with Crippen LogP contribution in [0.3, 0.4) is 0 Å². The summed E-state index contributed by atoms with van der Waals surface area (Å²) in [5.74, 6) is -0.276. The molecule has 0 bridgehead atoms. The minimum atomic E-state index is -0.276. The van der Waals surface area contributed by atoms with Crippen LogP contribution in [0.5, 0.6) is 0 Å². The van der Waals surface area contributed by atoms with Crippen molar-refractivity contribution in [3.05, 3.63) is 30.0 Å². The second-order valence-electron chi connectivity index (χ2n) is 5.13. The van der Waals surface area contributed by atoms with Crippen molar-refractivity contribution in [2.45, 2.75) is 6.92 Å². The molecule has 1 aromatic heterocycles. The lowest BCUT2D eigenvalue weighted by Gasteiger charge is -2.23. The van der Waals surface area contributed by atoms with Crippen LogP contribution in [0.1, 0.15) is 17.3 Å². The molecule has 0 amide bonds. The lowest BCUT2D eigenvalue weighted by Crippen LogP contribution is -2.34. The van der Waals surface area contributed by atoms with Crippen molar-refractivity contribution >= 4 is 22.6 Å². The maximum atomic E-state index is 11.8. The average molecular weight is 247 g/mol. The maximum absolute atomic E-state index is 11.8. The van der Waals surface area contributed by atoms with Crippen LogP contribution < -0.4 is 4.48 Å². The van der Waals surface area contributed by atoms with Crippen molar-refractivity contribution in [2.75, 3.05) is 27.7 Å². The van der Waals surface area contributed by atoms with Crippen LogP contribution in [0, 0.1) is 0 Å². The molecule has 4 nitrogen and oxygen atoms in total. The molecule has 2 aromatic rings. The molecule has 18 heavy (non-hydrogen) atoms. The number of quaternary nitrogens is 1. The third-order valence-electron chi connectivity index (χ3n) is 2.91.